The predicted octanol–water partition coefficient (Wildman–Crippen LogP) is 15.3. The van der Waals surface area contributed by atoms with Crippen molar-refractivity contribution < 1.29 is 18.8 Å². The minimum Gasteiger partial charge on any atom is -0.507 e. The van der Waals surface area contributed by atoms with E-state index in [1.165, 1.54) is 5.56 Å². The van der Waals surface area contributed by atoms with Crippen molar-refractivity contribution >= 4 is 11.0 Å². The van der Waals surface area contributed by atoms with Crippen molar-refractivity contribution in [3.63, 3.8) is 0 Å². The highest BCUT2D eigenvalue weighted by atomic mass is 16.3. The number of nitrogens with zero attached hydrogens (tertiary/aromatic N) is 3. The van der Waals surface area contributed by atoms with Crippen LogP contribution in [0.3, 0.4) is 0 Å². The van der Waals surface area contributed by atoms with Crippen LogP contribution in [-0.4, -0.2) is 19.6 Å². The SMILES string of the molecule is [2H]c1nc(-c2cc(-c3cccc4c3nc(-c3cc(C)cc(C)c3O)n4-c3cc(C(C)(C)C)ccc3-c3ccc(C(C)(C)C)cc3)cc(C(C)(C)C)c2)c([2H])c(-c2c([2H])c([2H])c(C([2H])([2H])[2H])c([2H])c2[2H])c1[2H]. The fraction of sp³-hybridized carbons (Fsp3) is 0.263. The molecule has 0 spiro atoms. The van der Waals surface area contributed by atoms with Gasteiger partial charge in [-0.3, -0.25) is 9.55 Å². The molecule has 61 heavy (non-hydrogen) atoms. The van der Waals surface area contributed by atoms with E-state index >= 15 is 0 Å². The number of imidazole rings is 1. The van der Waals surface area contributed by atoms with E-state index in [0.717, 1.165) is 44.6 Å². The van der Waals surface area contributed by atoms with Crippen LogP contribution in [0.5, 0.6) is 5.75 Å². The molecule has 4 nitrogen and oxygen atoms in total. The monoisotopic (exact) mass is 812 g/mol. The summed E-state index contributed by atoms with van der Waals surface area (Å²) in [7, 11) is 0. The van der Waals surface area contributed by atoms with Crippen LogP contribution in [-0.2, 0) is 16.2 Å². The lowest BCUT2D eigenvalue weighted by Gasteiger charge is -2.24. The van der Waals surface area contributed by atoms with Gasteiger partial charge in [-0.1, -0.05) is 153 Å². The summed E-state index contributed by atoms with van der Waals surface area (Å²) in [5.41, 5.74) is 9.01. The zero-order valence-corrected chi connectivity index (χ0v) is 36.9. The molecule has 8 rings (SSSR count). The Balaban J connectivity index is 1.45. The molecule has 0 aliphatic carbocycles. The predicted molar refractivity (Wildman–Crippen MR) is 258 cm³/mol. The summed E-state index contributed by atoms with van der Waals surface area (Å²) < 4.78 is 88.2. The Hall–Kier alpha value is -6.26. The Labute approximate surface area is 377 Å². The topological polar surface area (TPSA) is 50.9 Å². The number of aryl methyl sites for hydroxylation is 2. The summed E-state index contributed by atoms with van der Waals surface area (Å²) in [6.07, 6.45) is -0.564. The van der Waals surface area contributed by atoms with Crippen LogP contribution in [0.4, 0.5) is 0 Å². The van der Waals surface area contributed by atoms with Gasteiger partial charge in [0, 0.05) is 27.0 Å². The van der Waals surface area contributed by atoms with Gasteiger partial charge in [0.1, 0.15) is 11.6 Å². The van der Waals surface area contributed by atoms with Crippen molar-refractivity contribution in [1.82, 2.24) is 14.5 Å². The number of aromatic hydroxyl groups is 1. The van der Waals surface area contributed by atoms with Gasteiger partial charge in [-0.2, -0.15) is 0 Å². The van der Waals surface area contributed by atoms with Crippen molar-refractivity contribution in [2.24, 2.45) is 0 Å². The number of fused-ring (bicyclic) bond motifs is 1. The van der Waals surface area contributed by atoms with E-state index in [4.69, 9.17) is 17.3 Å². The second-order valence-corrected chi connectivity index (χ2v) is 19.2. The zero-order chi connectivity index (χ0) is 52.2. The van der Waals surface area contributed by atoms with Gasteiger partial charge in [-0.25, -0.2) is 4.98 Å². The maximum absolute atomic E-state index is 11.9. The summed E-state index contributed by atoms with van der Waals surface area (Å²) in [5.74, 6) is 0.633. The maximum atomic E-state index is 11.9. The largest absolute Gasteiger partial charge is 0.507 e. The lowest BCUT2D eigenvalue weighted by molar-refractivity contribution is 0.472. The van der Waals surface area contributed by atoms with Gasteiger partial charge in [-0.15, -0.1) is 0 Å². The Morgan fingerprint density at radius 2 is 1.25 bits per heavy atom. The molecule has 6 aromatic carbocycles. The number of pyridine rings is 1. The summed E-state index contributed by atoms with van der Waals surface area (Å²) in [5, 5.41) is 11.9. The highest BCUT2D eigenvalue weighted by Crippen LogP contribution is 2.43. The summed E-state index contributed by atoms with van der Waals surface area (Å²) in [6.45, 7) is 20.2. The standard InChI is InChI=1S/C57H59N3O/c1-35-16-18-38(19-17-35)40-26-27-58-49(33-40)42-30-41(31-45(32-42)57(10,11)12)47-14-13-15-50-52(47)59-54(48-29-36(2)28-37(3)53(48)61)60(50)51-34-44(56(7,8)9)24-25-46(51)39-20-22-43(23-21-39)55(4,5)6/h13-34,61H,1-12H3/i1D3,16D,17D,18D,19D,26D,27D,33D. The second kappa shape index (κ2) is 15.3. The first-order chi connectivity index (χ1) is 32.9. The van der Waals surface area contributed by atoms with Crippen LogP contribution in [0.25, 0.3) is 72.7 Å². The van der Waals surface area contributed by atoms with E-state index in [0.29, 0.717) is 33.6 Å². The molecule has 0 saturated heterocycles. The summed E-state index contributed by atoms with van der Waals surface area (Å²) in [6, 6.07) is 26.7. The first-order valence-corrected chi connectivity index (χ1v) is 20.7. The van der Waals surface area contributed by atoms with Crippen molar-refractivity contribution in [1.29, 1.82) is 0 Å². The van der Waals surface area contributed by atoms with Gasteiger partial charge in [-0.05, 0) is 129 Å². The highest BCUT2D eigenvalue weighted by molar-refractivity contribution is 5.98. The number of rotatable bonds is 6. The Morgan fingerprint density at radius 3 is 1.92 bits per heavy atom. The molecule has 0 fully saturated rings. The number of phenols is 1. The van der Waals surface area contributed by atoms with E-state index in [-0.39, 0.29) is 27.8 Å². The van der Waals surface area contributed by atoms with E-state index < -0.39 is 65.8 Å². The smallest absolute Gasteiger partial charge is 0.149 e. The van der Waals surface area contributed by atoms with Gasteiger partial charge in [0.15, 0.2) is 0 Å². The van der Waals surface area contributed by atoms with Crippen LogP contribution < -0.4 is 0 Å². The molecule has 0 amide bonds. The van der Waals surface area contributed by atoms with Gasteiger partial charge < -0.3 is 5.11 Å². The Kier molecular flexibility index (Phi) is 7.72. The van der Waals surface area contributed by atoms with E-state index in [2.05, 4.69) is 99.6 Å². The van der Waals surface area contributed by atoms with Crippen molar-refractivity contribution in [2.75, 3.05) is 0 Å². The minimum atomic E-state index is -2.96. The number of aromatic nitrogens is 3. The molecular weight excluding hydrogens is 743 g/mol. The maximum Gasteiger partial charge on any atom is 0.149 e. The molecule has 4 heteroatoms. The first kappa shape index (κ1) is 30.7. The summed E-state index contributed by atoms with van der Waals surface area (Å²) in [4.78, 5) is 9.94. The van der Waals surface area contributed by atoms with Crippen LogP contribution in [0.1, 0.15) is 109 Å². The average Bonchev–Trinajstić information content (AvgIpc) is 3.67. The fourth-order valence-electron chi connectivity index (χ4n) is 7.83. The van der Waals surface area contributed by atoms with Crippen molar-refractivity contribution in [2.45, 2.75) is 99.3 Å². The van der Waals surface area contributed by atoms with Gasteiger partial charge >= 0.3 is 0 Å². The van der Waals surface area contributed by atoms with E-state index in [1.807, 2.05) is 77.1 Å². The quantitative estimate of drug-likeness (QED) is 0.182. The molecule has 0 aliphatic rings. The van der Waals surface area contributed by atoms with Crippen LogP contribution in [0, 0.1) is 20.7 Å². The number of hydrogen-bond donors (Lipinski definition) is 1. The van der Waals surface area contributed by atoms with Crippen LogP contribution in [0.2, 0.25) is 0 Å². The normalized spacial score (nSPS) is 14.9. The van der Waals surface area contributed by atoms with E-state index in [9.17, 15) is 6.48 Å². The number of hydrogen-bond acceptors (Lipinski definition) is 3. The molecule has 308 valence electrons. The van der Waals surface area contributed by atoms with Crippen molar-refractivity contribution in [3.8, 4) is 67.5 Å². The third kappa shape index (κ3) is 8.16. The molecule has 0 unspecified atom stereocenters. The average molecular weight is 812 g/mol. The molecule has 0 radical (unpaired) electrons. The van der Waals surface area contributed by atoms with E-state index in [1.54, 1.807) is 0 Å². The molecule has 8 aromatic rings. The molecular formula is C57H59N3O. The number of phenolic OH excluding ortho intramolecular Hbond substituents is 1. The summed E-state index contributed by atoms with van der Waals surface area (Å²) >= 11 is 0. The zero-order valence-electron chi connectivity index (χ0n) is 46.9. The molecule has 1 N–H and O–H groups in total. The third-order valence-electron chi connectivity index (χ3n) is 11.4. The Morgan fingerprint density at radius 1 is 0.574 bits per heavy atom. The van der Waals surface area contributed by atoms with Gasteiger partial charge in [0.2, 0.25) is 0 Å². The van der Waals surface area contributed by atoms with Gasteiger partial charge in [0.25, 0.3) is 0 Å². The van der Waals surface area contributed by atoms with Crippen LogP contribution >= 0.6 is 0 Å². The first-order valence-electron chi connectivity index (χ1n) is 25.7. The van der Waals surface area contributed by atoms with Gasteiger partial charge in [0.05, 0.1) is 37.6 Å². The molecule has 2 aromatic heterocycles. The lowest BCUT2D eigenvalue weighted by atomic mass is 9.83. The van der Waals surface area contributed by atoms with Crippen molar-refractivity contribution in [3.05, 3.63) is 167 Å². The molecule has 0 atom stereocenters. The fourth-order valence-corrected chi connectivity index (χ4v) is 7.83. The highest BCUT2D eigenvalue weighted by Gasteiger charge is 2.26. The lowest BCUT2D eigenvalue weighted by Crippen LogP contribution is -2.13. The van der Waals surface area contributed by atoms with Crippen LogP contribution in [0.15, 0.2) is 133 Å². The molecule has 0 aliphatic heterocycles. The minimum absolute atomic E-state index is 0.0372. The number of benzene rings is 6. The second-order valence-electron chi connectivity index (χ2n) is 19.2. The number of para-hydroxylation sites is 1. The molecule has 0 saturated carbocycles. The molecule has 2 heterocycles. The Bertz CT molecular complexity index is 3430. The molecule has 0 bridgehead atoms. The third-order valence-corrected chi connectivity index (χ3v) is 11.4.